The van der Waals surface area contributed by atoms with Crippen molar-refractivity contribution in [3.05, 3.63) is 54.1 Å². The van der Waals surface area contributed by atoms with E-state index in [-0.39, 0.29) is 56.1 Å². The predicted octanol–water partition coefficient (Wildman–Crippen LogP) is 5.78. The third kappa shape index (κ3) is 12.8. The fraction of sp³-hybridized carbons (Fsp3) is 0.659. The Balaban J connectivity index is 1.73. The van der Waals surface area contributed by atoms with Crippen molar-refractivity contribution in [2.45, 2.75) is 136 Å². The van der Waals surface area contributed by atoms with Gasteiger partial charge in [0, 0.05) is 49.9 Å². The molecule has 1 saturated heterocycles. The van der Waals surface area contributed by atoms with E-state index < -0.39 is 47.4 Å². The Morgan fingerprint density at radius 2 is 1.89 bits per heavy atom. The zero-order valence-corrected chi connectivity index (χ0v) is 32.1. The number of β-amino-alcohol motifs (C(OH)–C–C–N with tert-alkyl or cyclic N) is 1. The van der Waals surface area contributed by atoms with Gasteiger partial charge in [-0.2, -0.15) is 0 Å². The minimum absolute atomic E-state index is 0.0370. The van der Waals surface area contributed by atoms with E-state index in [1.165, 1.54) is 6.33 Å². The van der Waals surface area contributed by atoms with Gasteiger partial charge >= 0.3 is 6.09 Å². The number of ether oxygens (including phenoxy) is 1. The molecule has 2 aromatic rings. The number of hydrogen-bond donors (Lipinski definition) is 3. The van der Waals surface area contributed by atoms with Gasteiger partial charge in [-0.15, -0.1) is 0 Å². The van der Waals surface area contributed by atoms with Crippen molar-refractivity contribution in [2.24, 2.45) is 17.3 Å². The number of aliphatic hydroxyl groups is 1. The van der Waals surface area contributed by atoms with Gasteiger partial charge in [0.1, 0.15) is 11.8 Å². The highest BCUT2D eigenvalue weighted by Gasteiger charge is 2.42. The summed E-state index contributed by atoms with van der Waals surface area (Å²) in [5.74, 6) is -2.27. The van der Waals surface area contributed by atoms with Gasteiger partial charge in [0.25, 0.3) is 5.91 Å². The van der Waals surface area contributed by atoms with Crippen molar-refractivity contribution in [3.8, 4) is 0 Å². The van der Waals surface area contributed by atoms with Gasteiger partial charge in [0.05, 0.1) is 32.1 Å². The number of aromatic amines is 1. The molecular formula is C41H61N5O7. The molecule has 12 nitrogen and oxygen atoms in total. The number of Topliss-reactive ketones (excluding diaryl/α,β-unsaturated/α-hetero) is 1. The summed E-state index contributed by atoms with van der Waals surface area (Å²) < 4.78 is 13.8. The maximum atomic E-state index is 15.0. The summed E-state index contributed by atoms with van der Waals surface area (Å²) in [5.41, 5.74) is 0.432. The molecule has 1 aromatic heterocycles. The van der Waals surface area contributed by atoms with E-state index in [1.54, 1.807) is 56.1 Å². The lowest BCUT2D eigenvalue weighted by molar-refractivity contribution is -0.142. The first-order chi connectivity index (χ1) is 25.8. The van der Waals surface area contributed by atoms with E-state index in [1.807, 2.05) is 6.92 Å². The van der Waals surface area contributed by atoms with Crippen molar-refractivity contribution < 1.29 is 35.2 Å². The van der Waals surface area contributed by atoms with E-state index in [0.29, 0.717) is 37.1 Å². The summed E-state index contributed by atoms with van der Waals surface area (Å²) in [4.78, 5) is 79.5. The van der Waals surface area contributed by atoms with Crippen LogP contribution in [0.15, 0.2) is 42.8 Å². The molecule has 2 fully saturated rings. The quantitative estimate of drug-likeness (QED) is 0.162. The number of rotatable bonds is 18. The van der Waals surface area contributed by atoms with Gasteiger partial charge in [-0.25, -0.2) is 14.7 Å². The minimum atomic E-state index is -1.31. The van der Waals surface area contributed by atoms with Gasteiger partial charge in [0.2, 0.25) is 11.8 Å². The number of likely N-dealkylation sites (tertiary alicyclic amines) is 1. The first-order valence-corrected chi connectivity index (χ1v) is 19.6. The van der Waals surface area contributed by atoms with Gasteiger partial charge in [-0.1, -0.05) is 96.5 Å². The molecule has 1 aliphatic heterocycles. The number of nitrogens with one attached hydrogen (secondary N) is 2. The zero-order chi connectivity index (χ0) is 39.3. The van der Waals surface area contributed by atoms with Gasteiger partial charge in [-0.05, 0) is 43.6 Å². The lowest BCUT2D eigenvalue weighted by atomic mass is 9.82. The molecule has 292 valence electrons. The van der Waals surface area contributed by atoms with Crippen molar-refractivity contribution in [1.29, 1.82) is 0 Å². The number of H-pyrrole nitrogens is 1. The van der Waals surface area contributed by atoms with Crippen LogP contribution < -0.4 is 5.32 Å². The Morgan fingerprint density at radius 3 is 2.55 bits per heavy atom. The van der Waals surface area contributed by atoms with Crippen LogP contribution in [0.2, 0.25) is 0 Å². The summed E-state index contributed by atoms with van der Waals surface area (Å²) in [6.07, 6.45) is 9.34. The van der Waals surface area contributed by atoms with Crippen LogP contribution in [0, 0.1) is 17.3 Å². The molecule has 0 spiro atoms. The highest BCUT2D eigenvalue weighted by Crippen LogP contribution is 2.31. The number of aliphatic hydroxyl groups excluding tert-OH is 1. The number of piperidine rings is 1. The summed E-state index contributed by atoms with van der Waals surface area (Å²) in [6, 6.07) is 4.72. The van der Waals surface area contributed by atoms with Crippen LogP contribution in [0.1, 0.15) is 117 Å². The van der Waals surface area contributed by atoms with Gasteiger partial charge in [0.15, 0.2) is 0 Å². The van der Waals surface area contributed by atoms with Gasteiger partial charge < -0.3 is 25.0 Å². The Labute approximate surface area is 316 Å². The largest absolute Gasteiger partial charge is 0.449 e. The van der Waals surface area contributed by atoms with Gasteiger partial charge in [-0.3, -0.25) is 19.2 Å². The molecule has 0 bridgehead atoms. The number of carbonyl (C=O) groups excluding carboxylic acids is 5. The number of benzene rings is 1. The molecule has 4 amide bonds. The first kappa shape index (κ1) is 40.1. The number of imide groups is 1. The number of ketones is 1. The zero-order valence-electron chi connectivity index (χ0n) is 33.1. The van der Waals surface area contributed by atoms with Crippen LogP contribution in [-0.2, 0) is 36.8 Å². The Bertz CT molecular complexity index is 1540. The molecule has 53 heavy (non-hydrogen) atoms. The molecule has 3 N–H and O–H groups in total. The molecule has 4 rings (SSSR count). The molecule has 1 aliphatic carbocycles. The fourth-order valence-electron chi connectivity index (χ4n) is 7.26. The number of hydrogen-bond acceptors (Lipinski definition) is 8. The molecule has 1 aromatic carbocycles. The van der Waals surface area contributed by atoms with E-state index in [9.17, 15) is 24.3 Å². The third-order valence-corrected chi connectivity index (χ3v) is 10.5. The standard InChI is InChI=1S/C41H61N5O7/c1-5-6-21-53-40(52)46(34(23-30-17-11-8-12-18-30)35(47)27-45-20-14-13-19-37(45)49)39(51)33(25-32-26-42-28-43-32)44-38(50)31(24-36(48)41(2,3)4)22-29-15-9-7-10-16-29/h7,9-10,15-16,26,28,30-31,33-35,47H,5-6,8,11-14,17-25,27H2,1-4H3,(H,42,43)(H,44,50)/t31-,33+,34+,35+/m1/s1/i9T. The summed E-state index contributed by atoms with van der Waals surface area (Å²) in [6.45, 7) is 7.83. The first-order valence-electron chi connectivity index (χ1n) is 20.1. The lowest BCUT2D eigenvalue weighted by Gasteiger charge is -2.39. The van der Waals surface area contributed by atoms with Crippen molar-refractivity contribution >= 4 is 29.6 Å². The molecular weight excluding hydrogens is 674 g/mol. The highest BCUT2D eigenvalue weighted by molar-refractivity contribution is 5.98. The van der Waals surface area contributed by atoms with E-state index in [2.05, 4.69) is 15.3 Å². The Morgan fingerprint density at radius 1 is 1.11 bits per heavy atom. The molecule has 2 heterocycles. The van der Waals surface area contributed by atoms with Crippen molar-refractivity contribution in [1.82, 2.24) is 25.1 Å². The lowest BCUT2D eigenvalue weighted by Crippen LogP contribution is -2.60. The van der Waals surface area contributed by atoms with E-state index >= 15 is 4.79 Å². The molecule has 0 radical (unpaired) electrons. The second kappa shape index (κ2) is 20.4. The summed E-state index contributed by atoms with van der Waals surface area (Å²) in [5, 5.41) is 14.9. The van der Waals surface area contributed by atoms with E-state index in [4.69, 9.17) is 6.11 Å². The Hall–Kier alpha value is -4.06. The second-order valence-corrected chi connectivity index (χ2v) is 15.9. The van der Waals surface area contributed by atoms with Crippen LogP contribution in [-0.4, -0.2) is 92.4 Å². The molecule has 0 unspecified atom stereocenters. The number of nitrogens with zero attached hydrogens (tertiary/aromatic N) is 3. The number of amides is 4. The van der Waals surface area contributed by atoms with Crippen LogP contribution >= 0.6 is 0 Å². The highest BCUT2D eigenvalue weighted by atomic mass is 16.6. The normalized spacial score (nSPS) is 18.0. The average Bonchev–Trinajstić information content (AvgIpc) is 3.65. The monoisotopic (exact) mass is 737 g/mol. The third-order valence-electron chi connectivity index (χ3n) is 10.5. The van der Waals surface area contributed by atoms with Crippen molar-refractivity contribution in [3.63, 3.8) is 0 Å². The maximum absolute atomic E-state index is 15.0. The maximum Gasteiger partial charge on any atom is 0.416 e. The molecule has 2 aliphatic rings. The van der Waals surface area contributed by atoms with Crippen LogP contribution in [0.25, 0.3) is 0 Å². The topological polar surface area (TPSA) is 162 Å². The SMILES string of the molecule is [3H]c1cccc(C[C@H](CC(=O)C(C)(C)C)C(=O)N[C@@H](Cc2c[nH]cn2)C(=O)N(C(=O)OCCCC)[C@@H](CC2CCCCC2)[C@@H](O)CN2CCCCC2=O)c1. The fourth-order valence-corrected chi connectivity index (χ4v) is 7.26. The number of aromatic nitrogens is 2. The Kier molecular flexibility index (Phi) is 15.5. The molecule has 1 saturated carbocycles. The minimum Gasteiger partial charge on any atom is -0.449 e. The van der Waals surface area contributed by atoms with Crippen molar-refractivity contribution in [2.75, 3.05) is 19.7 Å². The van der Waals surface area contributed by atoms with Crippen LogP contribution in [0.3, 0.4) is 0 Å². The molecule has 12 heteroatoms. The van der Waals surface area contributed by atoms with Crippen LogP contribution in [0.5, 0.6) is 0 Å². The number of imidazole rings is 1. The summed E-state index contributed by atoms with van der Waals surface area (Å²) in [7, 11) is 0. The average molecular weight is 738 g/mol. The van der Waals surface area contributed by atoms with Crippen LogP contribution in [0.4, 0.5) is 4.79 Å². The summed E-state index contributed by atoms with van der Waals surface area (Å²) >= 11 is 0. The second-order valence-electron chi connectivity index (χ2n) is 15.9. The number of carbonyl (C=O) groups is 5. The smallest absolute Gasteiger partial charge is 0.416 e. The predicted molar refractivity (Wildman–Crippen MR) is 201 cm³/mol. The molecule has 4 atom stereocenters. The van der Waals surface area contributed by atoms with E-state index in [0.717, 1.165) is 56.3 Å². The number of unbranched alkanes of at least 4 members (excludes halogenated alkanes) is 1.